The third-order valence-electron chi connectivity index (χ3n) is 5.51. The number of primary amides is 1. The number of aliphatic hydroxyl groups is 1. The van der Waals surface area contributed by atoms with Gasteiger partial charge >= 0.3 is 6.03 Å². The number of carbonyl (C=O) groups is 2. The van der Waals surface area contributed by atoms with Gasteiger partial charge in [-0.1, -0.05) is 0 Å². The number of halogens is 2. The van der Waals surface area contributed by atoms with Gasteiger partial charge in [0.1, 0.15) is 28.8 Å². The van der Waals surface area contributed by atoms with E-state index >= 15 is 0 Å². The molecule has 2 heterocycles. The summed E-state index contributed by atoms with van der Waals surface area (Å²) in [5, 5.41) is 15.2. The summed E-state index contributed by atoms with van der Waals surface area (Å²) in [5.74, 6) is -2.71. The number of nitrogens with one attached hydrogen (secondary N) is 2. The van der Waals surface area contributed by atoms with E-state index in [9.17, 15) is 23.5 Å². The van der Waals surface area contributed by atoms with E-state index in [4.69, 9.17) is 10.5 Å². The van der Waals surface area contributed by atoms with Crippen LogP contribution < -0.4 is 21.1 Å². The first-order valence-corrected chi connectivity index (χ1v) is 11.8. The Bertz CT molecular complexity index is 990. The maximum absolute atomic E-state index is 14.0. The van der Waals surface area contributed by atoms with Crippen molar-refractivity contribution in [3.8, 4) is 5.88 Å². The van der Waals surface area contributed by atoms with Gasteiger partial charge in [-0.2, -0.15) is 4.37 Å². The van der Waals surface area contributed by atoms with Gasteiger partial charge in [0.25, 0.3) is 5.91 Å². The predicted octanol–water partition coefficient (Wildman–Crippen LogP) is 2.77. The highest BCUT2D eigenvalue weighted by molar-refractivity contribution is 7.11. The van der Waals surface area contributed by atoms with E-state index in [1.807, 2.05) is 0 Å². The van der Waals surface area contributed by atoms with Crippen LogP contribution >= 0.6 is 11.5 Å². The van der Waals surface area contributed by atoms with E-state index in [2.05, 4.69) is 19.9 Å². The Morgan fingerprint density at radius 3 is 2.59 bits per heavy atom. The highest BCUT2D eigenvalue weighted by Crippen LogP contribution is 2.31. The number of aryl methyl sites for hydroxylation is 1. The van der Waals surface area contributed by atoms with Gasteiger partial charge in [0.2, 0.25) is 5.88 Å². The summed E-state index contributed by atoms with van der Waals surface area (Å²) in [6.07, 6.45) is 2.86. The Hall–Kier alpha value is -2.83. The molecule has 1 unspecified atom stereocenters. The van der Waals surface area contributed by atoms with Crippen LogP contribution in [0.15, 0.2) is 12.1 Å². The summed E-state index contributed by atoms with van der Waals surface area (Å²) < 4.78 is 37.4. The van der Waals surface area contributed by atoms with Gasteiger partial charge in [0.05, 0.1) is 11.7 Å². The number of urea groups is 1. The Balaban J connectivity index is 1.50. The van der Waals surface area contributed by atoms with Crippen LogP contribution in [0, 0.1) is 18.6 Å². The molecule has 0 aliphatic carbocycles. The van der Waals surface area contributed by atoms with Crippen molar-refractivity contribution in [2.45, 2.75) is 45.3 Å². The molecule has 3 rings (SSSR count). The Morgan fingerprint density at radius 2 is 1.94 bits per heavy atom. The minimum absolute atomic E-state index is 0.0411. The van der Waals surface area contributed by atoms with Crippen LogP contribution in [0.1, 0.15) is 47.2 Å². The monoisotopic (exact) mass is 497 g/mol. The van der Waals surface area contributed by atoms with E-state index in [0.29, 0.717) is 18.4 Å². The van der Waals surface area contributed by atoms with Gasteiger partial charge in [-0.3, -0.25) is 10.1 Å². The number of ether oxygens (including phenoxy) is 1. The zero-order chi connectivity index (χ0) is 24.7. The fourth-order valence-electron chi connectivity index (χ4n) is 3.67. The molecule has 1 aliphatic rings. The quantitative estimate of drug-likeness (QED) is 0.378. The third-order valence-corrected chi connectivity index (χ3v) is 6.26. The molecule has 12 heteroatoms. The molecule has 1 saturated heterocycles. The van der Waals surface area contributed by atoms with Crippen LogP contribution in [-0.4, -0.2) is 58.6 Å². The van der Waals surface area contributed by atoms with Crippen LogP contribution in [-0.2, 0) is 6.61 Å². The molecule has 186 valence electrons. The predicted molar refractivity (Wildman–Crippen MR) is 124 cm³/mol. The van der Waals surface area contributed by atoms with E-state index in [0.717, 1.165) is 31.2 Å². The molecule has 9 nitrogen and oxygen atoms in total. The number of hydrogen-bond acceptors (Lipinski definition) is 7. The lowest BCUT2D eigenvalue weighted by Gasteiger charge is -2.17. The zero-order valence-corrected chi connectivity index (χ0v) is 19.7. The number of nitrogens with zero attached hydrogens (tertiary/aromatic N) is 2. The standard InChI is InChI=1S/C22H29F2N5O4S/c1-13-10-16(23)15(17(24)11-13)12-33-20-18(19(25)31)21(34-28-20)27-22(32)26-6-4-14(30)5-9-29-7-2-3-8-29/h10-11,14,30H,2-9,12H2,1H3,(H2,25,31)(H2,26,27,32). The maximum atomic E-state index is 14.0. The molecule has 3 amide bonds. The lowest BCUT2D eigenvalue weighted by atomic mass is 10.1. The van der Waals surface area contributed by atoms with Crippen molar-refractivity contribution >= 4 is 28.5 Å². The molecule has 5 N–H and O–H groups in total. The van der Waals surface area contributed by atoms with Crippen LogP contribution in [0.2, 0.25) is 0 Å². The van der Waals surface area contributed by atoms with Crippen molar-refractivity contribution in [1.82, 2.24) is 14.6 Å². The number of anilines is 1. The van der Waals surface area contributed by atoms with Gasteiger partial charge < -0.3 is 25.8 Å². The lowest BCUT2D eigenvalue weighted by molar-refractivity contribution is 0.0996. The topological polar surface area (TPSA) is 130 Å². The summed E-state index contributed by atoms with van der Waals surface area (Å²) in [4.78, 5) is 26.4. The van der Waals surface area contributed by atoms with Crippen molar-refractivity contribution < 1.29 is 28.2 Å². The molecule has 1 atom stereocenters. The van der Waals surface area contributed by atoms with Crippen LogP contribution in [0.3, 0.4) is 0 Å². The highest BCUT2D eigenvalue weighted by Gasteiger charge is 2.23. The SMILES string of the molecule is Cc1cc(F)c(COc2nsc(NC(=O)NCCC(O)CCN3CCCC3)c2C(N)=O)c(F)c1. The van der Waals surface area contributed by atoms with Gasteiger partial charge in [0.15, 0.2) is 0 Å². The van der Waals surface area contributed by atoms with Crippen LogP contribution in [0.4, 0.5) is 18.6 Å². The number of likely N-dealkylation sites (tertiary alicyclic amines) is 1. The van der Waals surface area contributed by atoms with Crippen molar-refractivity contribution in [2.24, 2.45) is 5.73 Å². The van der Waals surface area contributed by atoms with Gasteiger partial charge in [-0.15, -0.1) is 0 Å². The molecule has 0 spiro atoms. The van der Waals surface area contributed by atoms with Gasteiger partial charge in [-0.25, -0.2) is 13.6 Å². The van der Waals surface area contributed by atoms with E-state index in [1.54, 1.807) is 6.92 Å². The Kier molecular flexibility index (Phi) is 9.13. The lowest BCUT2D eigenvalue weighted by Crippen LogP contribution is -2.32. The molecule has 1 aromatic carbocycles. The smallest absolute Gasteiger partial charge is 0.319 e. The first kappa shape index (κ1) is 25.8. The van der Waals surface area contributed by atoms with Crippen LogP contribution in [0.5, 0.6) is 5.88 Å². The summed E-state index contributed by atoms with van der Waals surface area (Å²) >= 11 is 0.751. The minimum atomic E-state index is -0.916. The second-order valence-corrected chi connectivity index (χ2v) is 8.99. The zero-order valence-electron chi connectivity index (χ0n) is 18.9. The molecule has 2 aromatic rings. The van der Waals surface area contributed by atoms with Gasteiger partial charge in [-0.05, 0) is 74.9 Å². The first-order chi connectivity index (χ1) is 16.2. The fraction of sp³-hybridized carbons (Fsp3) is 0.500. The highest BCUT2D eigenvalue weighted by atomic mass is 32.1. The van der Waals surface area contributed by atoms with E-state index < -0.39 is 36.3 Å². The second-order valence-electron chi connectivity index (χ2n) is 8.21. The maximum Gasteiger partial charge on any atom is 0.319 e. The molecular weight excluding hydrogens is 468 g/mol. The summed E-state index contributed by atoms with van der Waals surface area (Å²) in [6.45, 7) is 4.22. The Morgan fingerprint density at radius 1 is 1.26 bits per heavy atom. The number of hydrogen-bond donors (Lipinski definition) is 4. The molecule has 1 aromatic heterocycles. The van der Waals surface area contributed by atoms with Crippen LogP contribution in [0.25, 0.3) is 0 Å². The average Bonchev–Trinajstić information content (AvgIpc) is 3.41. The van der Waals surface area contributed by atoms with Crippen molar-refractivity contribution in [3.05, 3.63) is 40.5 Å². The average molecular weight is 498 g/mol. The van der Waals surface area contributed by atoms with Crippen molar-refractivity contribution in [2.75, 3.05) is 31.5 Å². The molecular formula is C22H29F2N5O4S. The molecule has 0 bridgehead atoms. The largest absolute Gasteiger partial charge is 0.471 e. The third kappa shape index (κ3) is 7.08. The second kappa shape index (κ2) is 12.0. The molecule has 0 radical (unpaired) electrons. The summed E-state index contributed by atoms with van der Waals surface area (Å²) in [6, 6.07) is 1.72. The summed E-state index contributed by atoms with van der Waals surface area (Å²) in [5.41, 5.74) is 5.31. The number of nitrogens with two attached hydrogens (primary N) is 1. The van der Waals surface area contributed by atoms with Crippen molar-refractivity contribution in [1.29, 1.82) is 0 Å². The number of benzene rings is 1. The van der Waals surface area contributed by atoms with Gasteiger partial charge in [0, 0.05) is 13.1 Å². The fourth-order valence-corrected chi connectivity index (χ4v) is 4.40. The van der Waals surface area contributed by atoms with E-state index in [-0.39, 0.29) is 28.6 Å². The first-order valence-electron chi connectivity index (χ1n) is 11.1. The number of aliphatic hydroxyl groups excluding tert-OH is 1. The molecule has 1 fully saturated rings. The number of amides is 3. The van der Waals surface area contributed by atoms with E-state index in [1.165, 1.54) is 25.0 Å². The number of carbonyl (C=O) groups excluding carboxylic acids is 2. The molecule has 1 aliphatic heterocycles. The minimum Gasteiger partial charge on any atom is -0.471 e. The molecule has 0 saturated carbocycles. The number of aromatic nitrogens is 1. The normalized spacial score (nSPS) is 14.7. The number of rotatable bonds is 11. The Labute approximate surface area is 200 Å². The summed E-state index contributed by atoms with van der Waals surface area (Å²) in [7, 11) is 0. The molecule has 34 heavy (non-hydrogen) atoms. The van der Waals surface area contributed by atoms with Crippen molar-refractivity contribution in [3.63, 3.8) is 0 Å².